The summed E-state index contributed by atoms with van der Waals surface area (Å²) in [6.07, 6.45) is 2.33. The van der Waals surface area contributed by atoms with Crippen molar-refractivity contribution in [2.45, 2.75) is 25.6 Å². The molecule has 1 amide bonds. The van der Waals surface area contributed by atoms with E-state index < -0.39 is 0 Å². The summed E-state index contributed by atoms with van der Waals surface area (Å²) in [5.41, 5.74) is 4.19. The number of rotatable bonds is 4. The highest BCUT2D eigenvalue weighted by Crippen LogP contribution is 2.22. The van der Waals surface area contributed by atoms with Gasteiger partial charge in [-0.05, 0) is 36.7 Å². The van der Waals surface area contributed by atoms with Gasteiger partial charge in [0.1, 0.15) is 6.26 Å². The third kappa shape index (κ3) is 3.39. The van der Waals surface area contributed by atoms with E-state index in [1.165, 1.54) is 11.1 Å². The number of oxazole rings is 1. The van der Waals surface area contributed by atoms with Gasteiger partial charge in [-0.3, -0.25) is 9.69 Å². The van der Waals surface area contributed by atoms with E-state index in [0.717, 1.165) is 24.2 Å². The van der Waals surface area contributed by atoms with Crippen LogP contribution >= 0.6 is 0 Å². The average Bonchev–Trinajstić information content (AvgIpc) is 3.15. The summed E-state index contributed by atoms with van der Waals surface area (Å²) < 4.78 is 5.52. The topological polar surface area (TPSA) is 58.4 Å². The Morgan fingerprint density at radius 1 is 1.15 bits per heavy atom. The van der Waals surface area contributed by atoms with Crippen LogP contribution in [0.4, 0.5) is 0 Å². The molecule has 2 aromatic carbocycles. The molecule has 26 heavy (non-hydrogen) atoms. The molecule has 5 nitrogen and oxygen atoms in total. The first-order chi connectivity index (χ1) is 12.7. The molecule has 5 heteroatoms. The van der Waals surface area contributed by atoms with Crippen LogP contribution in [-0.4, -0.2) is 28.9 Å². The lowest BCUT2D eigenvalue weighted by atomic mass is 9.94. The van der Waals surface area contributed by atoms with Crippen molar-refractivity contribution in [2.24, 2.45) is 0 Å². The second kappa shape index (κ2) is 7.14. The maximum Gasteiger partial charge on any atom is 0.238 e. The minimum atomic E-state index is -0.162. The van der Waals surface area contributed by atoms with Crippen LogP contribution in [0, 0.1) is 0 Å². The van der Waals surface area contributed by atoms with Gasteiger partial charge in [-0.2, -0.15) is 0 Å². The fourth-order valence-electron chi connectivity index (χ4n) is 3.34. The van der Waals surface area contributed by atoms with E-state index in [-0.39, 0.29) is 11.9 Å². The molecule has 0 aliphatic carbocycles. The van der Waals surface area contributed by atoms with Gasteiger partial charge in [0, 0.05) is 12.1 Å². The summed E-state index contributed by atoms with van der Waals surface area (Å²) in [5.74, 6) is 0.588. The Morgan fingerprint density at radius 2 is 1.88 bits per heavy atom. The van der Waals surface area contributed by atoms with Gasteiger partial charge in [-0.15, -0.1) is 0 Å². The van der Waals surface area contributed by atoms with Gasteiger partial charge in [0.2, 0.25) is 11.8 Å². The predicted octanol–water partition coefficient (Wildman–Crippen LogP) is 3.01. The Bertz CT molecular complexity index is 904. The fraction of sp³-hybridized carbons (Fsp3) is 0.238. The Hall–Kier alpha value is -2.92. The second-order valence-corrected chi connectivity index (χ2v) is 6.63. The van der Waals surface area contributed by atoms with E-state index in [4.69, 9.17) is 4.42 Å². The largest absolute Gasteiger partial charge is 0.444 e. The van der Waals surface area contributed by atoms with Crippen LogP contribution in [0.25, 0.3) is 11.5 Å². The summed E-state index contributed by atoms with van der Waals surface area (Å²) in [7, 11) is 1.99. The van der Waals surface area contributed by atoms with E-state index >= 15 is 0 Å². The molecule has 3 aromatic rings. The van der Waals surface area contributed by atoms with E-state index in [1.54, 1.807) is 6.26 Å². The van der Waals surface area contributed by atoms with Crippen molar-refractivity contribution in [2.75, 3.05) is 7.05 Å². The zero-order chi connectivity index (χ0) is 17.9. The first-order valence-electron chi connectivity index (χ1n) is 8.75. The summed E-state index contributed by atoms with van der Waals surface area (Å²) in [6, 6.07) is 17.9. The van der Waals surface area contributed by atoms with Gasteiger partial charge in [-0.1, -0.05) is 42.5 Å². The molecule has 1 aliphatic heterocycles. The smallest absolute Gasteiger partial charge is 0.238 e. The molecule has 0 fully saturated rings. The Morgan fingerprint density at radius 3 is 2.69 bits per heavy atom. The lowest BCUT2D eigenvalue weighted by Crippen LogP contribution is -2.48. The van der Waals surface area contributed by atoms with Crippen LogP contribution in [0.3, 0.4) is 0 Å². The number of hydrogen-bond donors (Lipinski definition) is 1. The van der Waals surface area contributed by atoms with E-state index in [2.05, 4.69) is 27.3 Å². The second-order valence-electron chi connectivity index (χ2n) is 6.63. The summed E-state index contributed by atoms with van der Waals surface area (Å²) in [4.78, 5) is 19.2. The highest BCUT2D eigenvalue weighted by Gasteiger charge is 2.28. The van der Waals surface area contributed by atoms with Gasteiger partial charge >= 0.3 is 0 Å². The van der Waals surface area contributed by atoms with Crippen molar-refractivity contribution in [1.82, 2.24) is 15.2 Å². The number of hydrogen-bond acceptors (Lipinski definition) is 4. The lowest BCUT2D eigenvalue weighted by molar-refractivity contribution is -0.126. The Labute approximate surface area is 152 Å². The first kappa shape index (κ1) is 16.5. The molecule has 0 saturated carbocycles. The molecule has 2 heterocycles. The molecule has 0 bridgehead atoms. The number of nitrogens with zero attached hydrogens (tertiary/aromatic N) is 2. The van der Waals surface area contributed by atoms with Gasteiger partial charge in [0.15, 0.2) is 0 Å². The summed E-state index contributed by atoms with van der Waals surface area (Å²) >= 11 is 0. The van der Waals surface area contributed by atoms with Crippen molar-refractivity contribution >= 4 is 5.91 Å². The summed E-state index contributed by atoms with van der Waals surface area (Å²) in [5, 5.41) is 2.99. The fourth-order valence-corrected chi connectivity index (χ4v) is 3.34. The summed E-state index contributed by atoms with van der Waals surface area (Å²) in [6.45, 7) is 1.15. The molecule has 0 spiro atoms. The standard InChI is InChI=1S/C21H21N3O2/c1-24-13-17-10-6-5-9-16(17)11-19(24)20(25)22-12-18-14-26-21(23-18)15-7-3-2-4-8-15/h2-10,14,19H,11-13H2,1H3,(H,22,25)/t19-/m1/s1. The minimum Gasteiger partial charge on any atom is -0.444 e. The molecule has 132 valence electrons. The molecule has 0 radical (unpaired) electrons. The van der Waals surface area contributed by atoms with Gasteiger partial charge in [0.25, 0.3) is 0 Å². The highest BCUT2D eigenvalue weighted by molar-refractivity contribution is 5.82. The van der Waals surface area contributed by atoms with Crippen LogP contribution in [0.15, 0.2) is 65.3 Å². The van der Waals surface area contributed by atoms with Gasteiger partial charge < -0.3 is 9.73 Å². The molecule has 0 unspecified atom stereocenters. The number of carbonyl (C=O) groups is 1. The third-order valence-electron chi connectivity index (χ3n) is 4.80. The van der Waals surface area contributed by atoms with Crippen LogP contribution in [0.5, 0.6) is 0 Å². The number of fused-ring (bicyclic) bond motifs is 1. The van der Waals surface area contributed by atoms with Crippen LogP contribution in [-0.2, 0) is 24.3 Å². The van der Waals surface area contributed by atoms with Crippen molar-refractivity contribution < 1.29 is 9.21 Å². The Balaban J connectivity index is 1.39. The van der Waals surface area contributed by atoms with Crippen molar-refractivity contribution in [3.63, 3.8) is 0 Å². The normalized spacial score (nSPS) is 16.9. The van der Waals surface area contributed by atoms with Crippen molar-refractivity contribution in [3.05, 3.63) is 77.7 Å². The first-order valence-corrected chi connectivity index (χ1v) is 8.75. The number of nitrogens with one attached hydrogen (secondary N) is 1. The predicted molar refractivity (Wildman–Crippen MR) is 99.2 cm³/mol. The molecular formula is C21H21N3O2. The zero-order valence-corrected chi connectivity index (χ0v) is 14.7. The molecular weight excluding hydrogens is 326 g/mol. The van der Waals surface area contributed by atoms with E-state index in [1.807, 2.05) is 49.5 Å². The maximum absolute atomic E-state index is 12.7. The van der Waals surface area contributed by atoms with Gasteiger partial charge in [0.05, 0.1) is 18.3 Å². The molecule has 0 saturated heterocycles. The SMILES string of the molecule is CN1Cc2ccccc2C[C@@H]1C(=O)NCc1coc(-c2ccccc2)n1. The molecule has 1 atom stereocenters. The van der Waals surface area contributed by atoms with Gasteiger partial charge in [-0.25, -0.2) is 4.98 Å². The molecule has 1 aliphatic rings. The van der Waals surface area contributed by atoms with E-state index in [0.29, 0.717) is 12.4 Å². The zero-order valence-electron chi connectivity index (χ0n) is 14.7. The van der Waals surface area contributed by atoms with Crippen LogP contribution < -0.4 is 5.32 Å². The highest BCUT2D eigenvalue weighted by atomic mass is 16.3. The number of aromatic nitrogens is 1. The molecule has 1 aromatic heterocycles. The number of carbonyl (C=O) groups excluding carboxylic acids is 1. The van der Waals surface area contributed by atoms with Crippen LogP contribution in [0.1, 0.15) is 16.8 Å². The Kier molecular flexibility index (Phi) is 4.54. The quantitative estimate of drug-likeness (QED) is 0.788. The van der Waals surface area contributed by atoms with Crippen molar-refractivity contribution in [3.8, 4) is 11.5 Å². The lowest BCUT2D eigenvalue weighted by Gasteiger charge is -2.32. The van der Waals surface area contributed by atoms with E-state index in [9.17, 15) is 4.79 Å². The number of benzene rings is 2. The molecule has 1 N–H and O–H groups in total. The van der Waals surface area contributed by atoms with Crippen LogP contribution in [0.2, 0.25) is 0 Å². The maximum atomic E-state index is 12.7. The third-order valence-corrected chi connectivity index (χ3v) is 4.80. The monoisotopic (exact) mass is 347 g/mol. The average molecular weight is 347 g/mol. The minimum absolute atomic E-state index is 0.0197. The van der Waals surface area contributed by atoms with Crippen molar-refractivity contribution in [1.29, 1.82) is 0 Å². The number of amides is 1. The molecule has 4 rings (SSSR count). The number of likely N-dealkylation sites (N-methyl/N-ethyl adjacent to an activating group) is 1.